The van der Waals surface area contributed by atoms with Gasteiger partial charge in [0.25, 0.3) is 0 Å². The summed E-state index contributed by atoms with van der Waals surface area (Å²) in [7, 11) is 0. The Morgan fingerprint density at radius 1 is 1.22 bits per heavy atom. The predicted molar refractivity (Wildman–Crippen MR) is 91.4 cm³/mol. The number of rotatable bonds is 5. The third-order valence-electron chi connectivity index (χ3n) is 3.07. The zero-order valence-corrected chi connectivity index (χ0v) is 11.9. The van der Waals surface area contributed by atoms with Crippen molar-refractivity contribution in [1.29, 1.82) is 0 Å². The fraction of sp³-hybridized carbons (Fsp3) is 0.316. The molecule has 1 fully saturated rings. The Labute approximate surface area is 155 Å². The number of nitrogens with one attached hydrogen (secondary N) is 1. The summed E-state index contributed by atoms with van der Waals surface area (Å²) in [4.78, 5) is 12.9. The van der Waals surface area contributed by atoms with Crippen molar-refractivity contribution in [2.45, 2.75) is 24.8 Å². The van der Waals surface area contributed by atoms with E-state index in [0.29, 0.717) is 5.56 Å². The normalized spacial score (nSPS) is 34.5. The summed E-state index contributed by atoms with van der Waals surface area (Å²) in [6, 6.07) is 2.89. The Morgan fingerprint density at radius 3 is 2.48 bits per heavy atom. The molecule has 4 heteroatoms. The van der Waals surface area contributed by atoms with Gasteiger partial charge in [-0.05, 0) is 30.4 Å². The molecule has 2 N–H and O–H groups in total. The molecule has 1 saturated heterocycles. The highest BCUT2D eigenvalue weighted by molar-refractivity contribution is 5.83. The fourth-order valence-corrected chi connectivity index (χ4v) is 1.93. The van der Waals surface area contributed by atoms with E-state index in [-0.39, 0.29) is 4.90 Å². The number of carbonyl (C=O) groups is 1. The van der Waals surface area contributed by atoms with Crippen molar-refractivity contribution in [1.82, 2.24) is 4.90 Å². The average Bonchev–Trinajstić information content (AvgIpc) is 2.79. The van der Waals surface area contributed by atoms with Gasteiger partial charge in [0, 0.05) is 36.2 Å². The van der Waals surface area contributed by atoms with E-state index in [1.54, 1.807) is 18.2 Å². The molecular weight excluding hydrogens is 288 g/mol. The maximum absolute atomic E-state index is 12.7. The van der Waals surface area contributed by atoms with E-state index in [4.69, 9.17) is 17.8 Å². The number of hydrogen-bond donors (Lipinski definition) is 2. The molecule has 0 bridgehead atoms. The van der Waals surface area contributed by atoms with Gasteiger partial charge in [-0.1, -0.05) is 48.5 Å². The van der Waals surface area contributed by atoms with Crippen molar-refractivity contribution in [2.24, 2.45) is 0 Å². The van der Waals surface area contributed by atoms with Crippen molar-refractivity contribution in [3.05, 3.63) is 66.1 Å². The molecule has 120 valence electrons. The fourth-order valence-electron chi connectivity index (χ4n) is 1.93. The molecule has 0 atom stereocenters. The summed E-state index contributed by atoms with van der Waals surface area (Å²) in [5.41, 5.74) is -4.52. The van der Waals surface area contributed by atoms with Crippen LogP contribution in [0.25, 0.3) is 0 Å². The Balaban J connectivity index is 2.34. The summed E-state index contributed by atoms with van der Waals surface area (Å²) < 4.78 is 108. The molecule has 1 heterocycles. The molecule has 1 aliphatic rings. The van der Waals surface area contributed by atoms with Crippen molar-refractivity contribution < 1.29 is 27.7 Å². The second-order valence-corrected chi connectivity index (χ2v) is 4.73. The summed E-state index contributed by atoms with van der Waals surface area (Å²) in [6.45, 7) is -7.61. The summed E-state index contributed by atoms with van der Waals surface area (Å²) in [5.74, 6) is -2.36. The number of likely N-dealkylation sites (tertiary alicyclic amines) is 1. The lowest BCUT2D eigenvalue weighted by Gasteiger charge is -2.40. The van der Waals surface area contributed by atoms with Crippen LogP contribution in [0.1, 0.15) is 36.1 Å². The molecular formula is C19H22N2O2. The van der Waals surface area contributed by atoms with Gasteiger partial charge in [-0.2, -0.15) is 0 Å². The lowest BCUT2D eigenvalue weighted by atomic mass is 9.87. The molecule has 0 aromatic heterocycles. The van der Waals surface area contributed by atoms with Crippen LogP contribution in [0.2, 0.25) is 0 Å². The number of nitrogens with zero attached hydrogens (tertiary/aromatic N) is 1. The first kappa shape index (κ1) is 6.29. The Morgan fingerprint density at radius 2 is 1.87 bits per heavy atom. The SMILES string of the molecule is [2H]c1c([2H])c([2H])c(NC2(C(=O)O)C([2H])([2H])C([2H])([2H])N(Cc3ccccc3)C([2H])([2H])C2([2H])[2H])c([2H])c1[2H]. The highest BCUT2D eigenvalue weighted by atomic mass is 16.4. The Hall–Kier alpha value is -2.33. The predicted octanol–water partition coefficient (Wildman–Crippen LogP) is 3.22. The molecule has 0 amide bonds. The maximum atomic E-state index is 12.7. The van der Waals surface area contributed by atoms with Crippen molar-refractivity contribution in [3.8, 4) is 0 Å². The smallest absolute Gasteiger partial charge is 0.329 e. The first-order valence-corrected chi connectivity index (χ1v) is 6.71. The summed E-state index contributed by atoms with van der Waals surface area (Å²) >= 11 is 0. The lowest BCUT2D eigenvalue weighted by Crippen LogP contribution is -2.54. The van der Waals surface area contributed by atoms with Crippen LogP contribution in [0.15, 0.2) is 60.5 Å². The van der Waals surface area contributed by atoms with E-state index in [2.05, 4.69) is 0 Å². The molecule has 0 radical (unpaired) electrons. The van der Waals surface area contributed by atoms with Gasteiger partial charge in [0.05, 0.1) is 6.85 Å². The van der Waals surface area contributed by atoms with Gasteiger partial charge < -0.3 is 10.4 Å². The first-order chi connectivity index (χ1) is 16.3. The highest BCUT2D eigenvalue weighted by Crippen LogP contribution is 2.28. The topological polar surface area (TPSA) is 52.6 Å². The number of hydrogen-bond acceptors (Lipinski definition) is 3. The van der Waals surface area contributed by atoms with Gasteiger partial charge >= 0.3 is 5.97 Å². The number of piperidine rings is 1. The van der Waals surface area contributed by atoms with Gasteiger partial charge in [0.15, 0.2) is 0 Å². The molecule has 0 saturated carbocycles. The Bertz CT molecular complexity index is 1150. The average molecular weight is 323 g/mol. The molecule has 0 aliphatic carbocycles. The third kappa shape index (κ3) is 3.71. The van der Waals surface area contributed by atoms with E-state index < -0.39 is 79.7 Å². The van der Waals surface area contributed by atoms with Crippen LogP contribution >= 0.6 is 0 Å². The van der Waals surface area contributed by atoms with E-state index in [0.717, 1.165) is 0 Å². The van der Waals surface area contributed by atoms with Crippen molar-refractivity contribution in [3.63, 3.8) is 0 Å². The minimum atomic E-state index is -3.80. The molecule has 0 unspecified atom stereocenters. The lowest BCUT2D eigenvalue weighted by molar-refractivity contribution is -0.144. The van der Waals surface area contributed by atoms with Crippen molar-refractivity contribution >= 4 is 11.7 Å². The molecule has 4 nitrogen and oxygen atoms in total. The minimum absolute atomic E-state index is 0.250. The Kier molecular flexibility index (Phi) is 1.87. The van der Waals surface area contributed by atoms with Gasteiger partial charge in [-0.25, -0.2) is 4.79 Å². The van der Waals surface area contributed by atoms with E-state index in [9.17, 15) is 9.90 Å². The van der Waals surface area contributed by atoms with Gasteiger partial charge in [0.2, 0.25) is 0 Å². The molecule has 0 spiro atoms. The zero-order valence-electron chi connectivity index (χ0n) is 24.9. The van der Waals surface area contributed by atoms with Crippen LogP contribution in [0.3, 0.4) is 0 Å². The number of carboxylic acids is 1. The second kappa shape index (κ2) is 6.84. The molecule has 2 aromatic rings. The molecule has 3 rings (SSSR count). The minimum Gasteiger partial charge on any atom is -0.480 e. The van der Waals surface area contributed by atoms with Crippen LogP contribution in [0, 0.1) is 0 Å². The van der Waals surface area contributed by atoms with Crippen molar-refractivity contribution in [2.75, 3.05) is 18.3 Å². The van der Waals surface area contributed by atoms with Crippen LogP contribution in [0.5, 0.6) is 0 Å². The number of anilines is 1. The van der Waals surface area contributed by atoms with E-state index in [1.165, 1.54) is 12.1 Å². The monoisotopic (exact) mass is 323 g/mol. The van der Waals surface area contributed by atoms with E-state index in [1.807, 2.05) is 5.32 Å². The van der Waals surface area contributed by atoms with Gasteiger partial charge in [-0.3, -0.25) is 4.90 Å². The van der Waals surface area contributed by atoms with Gasteiger partial charge in [-0.15, -0.1) is 0 Å². The van der Waals surface area contributed by atoms with E-state index >= 15 is 0 Å². The first-order valence-electron chi connectivity index (χ1n) is 13.2. The number of benzene rings is 2. The quantitative estimate of drug-likeness (QED) is 0.887. The standard InChI is InChI=1S/C19H22N2O2/c22-18(23)19(20-17-9-5-2-6-10-17)11-13-21(14-12-19)15-16-7-3-1-4-8-16/h1-10,20H,11-15H2,(H,22,23)/i2D,5D,6D,9D,10D,11D2,12D2,13D2,14D2. The largest absolute Gasteiger partial charge is 0.480 e. The third-order valence-corrected chi connectivity index (χ3v) is 3.07. The van der Waals surface area contributed by atoms with Crippen LogP contribution in [-0.2, 0) is 11.3 Å². The zero-order chi connectivity index (χ0) is 27.6. The van der Waals surface area contributed by atoms with Crippen LogP contribution in [0.4, 0.5) is 5.69 Å². The molecule has 2 aromatic carbocycles. The van der Waals surface area contributed by atoms with Crippen LogP contribution in [-0.4, -0.2) is 34.5 Å². The van der Waals surface area contributed by atoms with Crippen LogP contribution < -0.4 is 5.32 Å². The number of para-hydroxylation sites is 1. The summed E-state index contributed by atoms with van der Waals surface area (Å²) in [6.07, 6.45) is -7.56. The second-order valence-electron chi connectivity index (χ2n) is 4.73. The highest BCUT2D eigenvalue weighted by Gasteiger charge is 2.41. The van der Waals surface area contributed by atoms with Gasteiger partial charge in [0.1, 0.15) is 5.54 Å². The molecule has 1 aliphatic heterocycles. The molecule has 23 heavy (non-hydrogen) atoms. The number of carboxylic acid groups (broad SMARTS) is 1. The number of aliphatic carboxylic acids is 1. The maximum Gasteiger partial charge on any atom is 0.329 e. The summed E-state index contributed by atoms with van der Waals surface area (Å²) in [5, 5.41) is 12.1.